The summed E-state index contributed by atoms with van der Waals surface area (Å²) >= 11 is 0. The lowest BCUT2D eigenvalue weighted by atomic mass is 10.2. The lowest BCUT2D eigenvalue weighted by Crippen LogP contribution is -2.12. The number of aromatic nitrogens is 2. The van der Waals surface area contributed by atoms with Gasteiger partial charge in [-0.1, -0.05) is 12.1 Å². The molecule has 7 nitrogen and oxygen atoms in total. The third-order valence-corrected chi connectivity index (χ3v) is 2.01. The summed E-state index contributed by atoms with van der Waals surface area (Å²) in [6.45, 7) is 0. The Bertz CT molecular complexity index is 572. The lowest BCUT2D eigenvalue weighted by Gasteiger charge is -1.96. The highest BCUT2D eigenvalue weighted by Gasteiger charge is 2.03. The summed E-state index contributed by atoms with van der Waals surface area (Å²) in [5, 5.41) is 8.49. The molecule has 0 spiro atoms. The molecule has 5 N–H and O–H groups in total. The number of rotatable bonds is 2. The van der Waals surface area contributed by atoms with Gasteiger partial charge in [0, 0.05) is 18.1 Å². The Morgan fingerprint density at radius 3 is 2.21 bits per heavy atom. The number of para-hydroxylation sites is 1. The third kappa shape index (κ3) is 4.43. The predicted octanol–water partition coefficient (Wildman–Crippen LogP) is 0.542. The first-order chi connectivity index (χ1) is 9.02. The van der Waals surface area contributed by atoms with E-state index in [1.807, 2.05) is 0 Å². The largest absolute Gasteiger partial charge is 0.478 e. The molecular weight excluding hydrogens is 248 g/mol. The number of benzene rings is 1. The molecule has 1 heterocycles. The zero-order valence-corrected chi connectivity index (χ0v) is 9.85. The van der Waals surface area contributed by atoms with Crippen molar-refractivity contribution in [1.82, 2.24) is 9.97 Å². The molecule has 1 aromatic carbocycles. The Morgan fingerprint density at radius 1 is 1.16 bits per heavy atom. The second-order valence-corrected chi connectivity index (χ2v) is 3.35. The highest BCUT2D eigenvalue weighted by atomic mass is 16.4. The van der Waals surface area contributed by atoms with Gasteiger partial charge in [-0.2, -0.15) is 0 Å². The van der Waals surface area contributed by atoms with Crippen molar-refractivity contribution >= 4 is 17.6 Å². The molecule has 2 aromatic rings. The summed E-state index contributed by atoms with van der Waals surface area (Å²) in [6.07, 6.45) is 4.22. The van der Waals surface area contributed by atoms with Crippen LogP contribution in [0, 0.1) is 0 Å². The van der Waals surface area contributed by atoms with E-state index in [4.69, 9.17) is 16.6 Å². The maximum Gasteiger partial charge on any atom is 0.337 e. The Kier molecular flexibility index (Phi) is 4.97. The average molecular weight is 260 g/mol. The number of carbonyl (C=O) groups is 2. The quantitative estimate of drug-likeness (QED) is 0.675. The predicted molar refractivity (Wildman–Crippen MR) is 68.4 cm³/mol. The van der Waals surface area contributed by atoms with Gasteiger partial charge in [0.15, 0.2) is 0 Å². The monoisotopic (exact) mass is 260 g/mol. The van der Waals surface area contributed by atoms with Crippen molar-refractivity contribution in [1.29, 1.82) is 0 Å². The van der Waals surface area contributed by atoms with Gasteiger partial charge in [0.05, 0.1) is 11.8 Å². The van der Waals surface area contributed by atoms with Gasteiger partial charge in [0.25, 0.3) is 5.91 Å². The van der Waals surface area contributed by atoms with Crippen LogP contribution in [0.1, 0.15) is 20.8 Å². The number of hydrogen-bond acceptors (Lipinski definition) is 5. The van der Waals surface area contributed by atoms with E-state index in [0.29, 0.717) is 5.69 Å². The smallest absolute Gasteiger partial charge is 0.337 e. The van der Waals surface area contributed by atoms with Crippen LogP contribution in [-0.2, 0) is 0 Å². The Morgan fingerprint density at radius 2 is 1.84 bits per heavy atom. The number of nitrogen functional groups attached to an aromatic ring is 1. The van der Waals surface area contributed by atoms with Crippen molar-refractivity contribution in [2.75, 3.05) is 5.73 Å². The first kappa shape index (κ1) is 14.1. The fraction of sp³-hybridized carbons (Fsp3) is 0. The first-order valence-corrected chi connectivity index (χ1v) is 5.16. The number of amides is 1. The minimum atomic E-state index is -0.988. The number of carboxylic acid groups (broad SMARTS) is 1. The number of nitrogens with zero attached hydrogens (tertiary/aromatic N) is 2. The van der Waals surface area contributed by atoms with Gasteiger partial charge >= 0.3 is 5.97 Å². The van der Waals surface area contributed by atoms with Crippen molar-refractivity contribution < 1.29 is 14.7 Å². The van der Waals surface area contributed by atoms with Crippen molar-refractivity contribution in [2.24, 2.45) is 5.73 Å². The van der Waals surface area contributed by atoms with E-state index >= 15 is 0 Å². The highest BCUT2D eigenvalue weighted by molar-refractivity contribution is 5.93. The number of nitrogens with two attached hydrogens (primary N) is 2. The maximum atomic E-state index is 10.3. The normalized spacial score (nSPS) is 9.05. The maximum absolute atomic E-state index is 10.3. The SMILES string of the molecule is NC(=O)c1cnccn1.Nc1ccccc1C(=O)O. The van der Waals surface area contributed by atoms with Crippen LogP contribution < -0.4 is 11.5 Å². The van der Waals surface area contributed by atoms with Crippen LogP contribution in [0.4, 0.5) is 5.69 Å². The molecule has 0 radical (unpaired) electrons. The summed E-state index contributed by atoms with van der Waals surface area (Å²) in [7, 11) is 0. The number of carbonyl (C=O) groups excluding carboxylic acids is 1. The molecule has 2 rings (SSSR count). The van der Waals surface area contributed by atoms with Crippen molar-refractivity contribution in [3.8, 4) is 0 Å². The molecule has 0 aliphatic rings. The van der Waals surface area contributed by atoms with E-state index < -0.39 is 11.9 Å². The van der Waals surface area contributed by atoms with Crippen LogP contribution in [0.2, 0.25) is 0 Å². The number of anilines is 1. The number of hydrogen-bond donors (Lipinski definition) is 3. The molecule has 7 heteroatoms. The number of primary amides is 1. The van der Waals surface area contributed by atoms with E-state index in [0.717, 1.165) is 0 Å². The van der Waals surface area contributed by atoms with Gasteiger partial charge in [0.2, 0.25) is 0 Å². The van der Waals surface area contributed by atoms with Gasteiger partial charge in [0.1, 0.15) is 5.69 Å². The van der Waals surface area contributed by atoms with E-state index in [-0.39, 0.29) is 11.3 Å². The van der Waals surface area contributed by atoms with E-state index in [9.17, 15) is 9.59 Å². The number of carboxylic acids is 1. The van der Waals surface area contributed by atoms with Crippen molar-refractivity contribution in [3.63, 3.8) is 0 Å². The second-order valence-electron chi connectivity index (χ2n) is 3.35. The third-order valence-electron chi connectivity index (χ3n) is 2.01. The molecule has 0 aliphatic heterocycles. The molecule has 0 aliphatic carbocycles. The molecule has 19 heavy (non-hydrogen) atoms. The molecule has 0 bridgehead atoms. The molecule has 98 valence electrons. The zero-order valence-electron chi connectivity index (χ0n) is 9.85. The van der Waals surface area contributed by atoms with E-state index in [1.165, 1.54) is 24.7 Å². The van der Waals surface area contributed by atoms with Crippen LogP contribution in [0.5, 0.6) is 0 Å². The average Bonchev–Trinajstić information content (AvgIpc) is 2.40. The van der Waals surface area contributed by atoms with Gasteiger partial charge in [-0.15, -0.1) is 0 Å². The van der Waals surface area contributed by atoms with E-state index in [2.05, 4.69) is 9.97 Å². The Hall–Kier alpha value is -2.96. The fourth-order valence-electron chi connectivity index (χ4n) is 1.12. The van der Waals surface area contributed by atoms with Crippen LogP contribution in [0.15, 0.2) is 42.9 Å². The summed E-state index contributed by atoms with van der Waals surface area (Å²) in [5.74, 6) is -1.54. The Balaban J connectivity index is 0.000000191. The minimum absolute atomic E-state index is 0.155. The summed E-state index contributed by atoms with van der Waals surface area (Å²) in [6, 6.07) is 6.36. The fourth-order valence-corrected chi connectivity index (χ4v) is 1.12. The summed E-state index contributed by atoms with van der Waals surface area (Å²) < 4.78 is 0. The van der Waals surface area contributed by atoms with Gasteiger partial charge < -0.3 is 16.6 Å². The van der Waals surface area contributed by atoms with E-state index in [1.54, 1.807) is 18.2 Å². The van der Waals surface area contributed by atoms with Gasteiger partial charge in [-0.25, -0.2) is 9.78 Å². The standard InChI is InChI=1S/C7H7NO2.C5H5N3O/c8-6-4-2-1-3-5(6)7(9)10;6-5(9)4-3-7-1-2-8-4/h1-4H,8H2,(H,9,10);1-3H,(H2,6,9). The van der Waals surface area contributed by atoms with Gasteiger partial charge in [-0.05, 0) is 12.1 Å². The molecular formula is C12H12N4O3. The summed E-state index contributed by atoms with van der Waals surface area (Å²) in [5.41, 5.74) is 10.9. The second kappa shape index (κ2) is 6.70. The molecule has 0 fully saturated rings. The lowest BCUT2D eigenvalue weighted by molar-refractivity contribution is 0.0698. The molecule has 0 atom stereocenters. The zero-order chi connectivity index (χ0) is 14.3. The molecule has 1 aromatic heterocycles. The van der Waals surface area contributed by atoms with Crippen LogP contribution >= 0.6 is 0 Å². The number of aromatic carboxylic acids is 1. The Labute approximate surface area is 108 Å². The van der Waals surface area contributed by atoms with Gasteiger partial charge in [-0.3, -0.25) is 9.78 Å². The molecule has 0 saturated heterocycles. The van der Waals surface area contributed by atoms with Crippen LogP contribution in [-0.4, -0.2) is 27.0 Å². The highest BCUT2D eigenvalue weighted by Crippen LogP contribution is 2.08. The van der Waals surface area contributed by atoms with Crippen molar-refractivity contribution in [3.05, 3.63) is 54.1 Å². The topological polar surface area (TPSA) is 132 Å². The molecule has 1 amide bonds. The first-order valence-electron chi connectivity index (χ1n) is 5.16. The summed E-state index contributed by atoms with van der Waals surface area (Å²) in [4.78, 5) is 27.9. The van der Waals surface area contributed by atoms with Crippen molar-refractivity contribution in [2.45, 2.75) is 0 Å². The molecule has 0 saturated carbocycles. The van der Waals surface area contributed by atoms with Crippen LogP contribution in [0.3, 0.4) is 0 Å². The minimum Gasteiger partial charge on any atom is -0.478 e. The molecule has 0 unspecified atom stereocenters. The van der Waals surface area contributed by atoms with Crippen LogP contribution in [0.25, 0.3) is 0 Å².